The predicted octanol–water partition coefficient (Wildman–Crippen LogP) is 10.2. The molecule has 0 unspecified atom stereocenters. The molecular formula is C42H34N2O2S. The van der Waals surface area contributed by atoms with Gasteiger partial charge in [-0.1, -0.05) is 93.8 Å². The number of allylic oxidation sites excluding steroid dienone is 3. The van der Waals surface area contributed by atoms with Crippen LogP contribution in [-0.2, 0) is 20.7 Å². The van der Waals surface area contributed by atoms with Gasteiger partial charge in [-0.15, -0.1) is 0 Å². The Labute approximate surface area is 276 Å². The summed E-state index contributed by atoms with van der Waals surface area (Å²) in [6.07, 6.45) is 3.96. The molecule has 0 radical (unpaired) electrons. The van der Waals surface area contributed by atoms with Gasteiger partial charge in [0.05, 0.1) is 32.6 Å². The Kier molecular flexibility index (Phi) is 6.41. The number of sulfone groups is 1. The van der Waals surface area contributed by atoms with Crippen molar-refractivity contribution in [3.8, 4) is 0 Å². The van der Waals surface area contributed by atoms with E-state index in [0.29, 0.717) is 0 Å². The molecule has 8 rings (SSSR count). The maximum atomic E-state index is 13.9. The summed E-state index contributed by atoms with van der Waals surface area (Å²) in [4.78, 5) is 4.92. The van der Waals surface area contributed by atoms with Gasteiger partial charge in [-0.3, -0.25) is 0 Å². The molecule has 0 atom stereocenters. The van der Waals surface area contributed by atoms with Crippen LogP contribution in [0.4, 0.5) is 28.4 Å². The van der Waals surface area contributed by atoms with Gasteiger partial charge in [0.1, 0.15) is 0 Å². The van der Waals surface area contributed by atoms with Gasteiger partial charge < -0.3 is 9.80 Å². The fourth-order valence-corrected chi connectivity index (χ4v) is 8.70. The second kappa shape index (κ2) is 10.4. The highest BCUT2D eigenvalue weighted by Crippen LogP contribution is 2.52. The Morgan fingerprint density at radius 2 is 0.894 bits per heavy atom. The van der Waals surface area contributed by atoms with Crippen LogP contribution in [0.1, 0.15) is 44.4 Å². The molecule has 5 heteroatoms. The second-order valence-corrected chi connectivity index (χ2v) is 15.3. The molecule has 5 aromatic carbocycles. The van der Waals surface area contributed by atoms with Gasteiger partial charge in [0.25, 0.3) is 0 Å². The quantitative estimate of drug-likeness (QED) is 0.185. The van der Waals surface area contributed by atoms with Gasteiger partial charge in [0.2, 0.25) is 9.84 Å². The van der Waals surface area contributed by atoms with Crippen molar-refractivity contribution in [2.24, 2.45) is 0 Å². The van der Waals surface area contributed by atoms with Crippen molar-refractivity contribution in [2.75, 3.05) is 9.80 Å². The molecule has 5 aromatic rings. The molecule has 0 N–H and O–H groups in total. The topological polar surface area (TPSA) is 40.6 Å². The number of fused-ring (bicyclic) bond motifs is 3. The van der Waals surface area contributed by atoms with Crippen molar-refractivity contribution >= 4 is 38.3 Å². The second-order valence-electron chi connectivity index (χ2n) is 13.3. The first-order chi connectivity index (χ1) is 22.6. The van der Waals surface area contributed by atoms with E-state index in [0.717, 1.165) is 39.7 Å². The first-order valence-electron chi connectivity index (χ1n) is 15.9. The van der Waals surface area contributed by atoms with Crippen LogP contribution >= 0.6 is 0 Å². The van der Waals surface area contributed by atoms with Gasteiger partial charge >= 0.3 is 0 Å². The van der Waals surface area contributed by atoms with Crippen LogP contribution in [0.3, 0.4) is 0 Å². The summed E-state index contributed by atoms with van der Waals surface area (Å²) in [5.74, 6) is 0. The van der Waals surface area contributed by atoms with Crippen LogP contribution in [0.15, 0.2) is 166 Å². The van der Waals surface area contributed by atoms with E-state index in [9.17, 15) is 8.42 Å². The van der Waals surface area contributed by atoms with Crippen LogP contribution in [-0.4, -0.2) is 8.42 Å². The molecule has 4 nitrogen and oxygen atoms in total. The Balaban J connectivity index is 1.14. The van der Waals surface area contributed by atoms with Crippen molar-refractivity contribution in [2.45, 2.75) is 48.3 Å². The molecule has 0 aromatic heterocycles. The predicted molar refractivity (Wildman–Crippen MR) is 190 cm³/mol. The first kappa shape index (κ1) is 29.1. The van der Waals surface area contributed by atoms with E-state index < -0.39 is 9.84 Å². The Morgan fingerprint density at radius 1 is 0.489 bits per heavy atom. The molecule has 0 saturated carbocycles. The number of rotatable bonds is 4. The standard InChI is InChI=1S/C42H34N2O2S/c1-41(2)33-13-5-9-17-37(33)43(38-18-10-6-14-34(38)41)29-21-25-31(26-22-29)47(45,46)32-27-23-30(24-28-32)44-39-19-11-7-15-35(39)42(3,4)36-16-8-12-20-40(36)44/h5-7,9-11,13-28H,1-4H3. The highest BCUT2D eigenvalue weighted by molar-refractivity contribution is 7.91. The third-order valence-corrected chi connectivity index (χ3v) is 11.7. The molecule has 2 heterocycles. The van der Waals surface area contributed by atoms with Gasteiger partial charge in [0, 0.05) is 28.3 Å². The molecule has 2 aliphatic heterocycles. The van der Waals surface area contributed by atoms with Crippen molar-refractivity contribution in [1.82, 2.24) is 0 Å². The number of para-hydroxylation sites is 3. The Hall–Kier alpha value is -5.31. The van der Waals surface area contributed by atoms with E-state index in [4.69, 9.17) is 0 Å². The maximum Gasteiger partial charge on any atom is 0.206 e. The summed E-state index contributed by atoms with van der Waals surface area (Å²) in [6.45, 7) is 8.95. The average molecular weight is 631 g/mol. The van der Waals surface area contributed by atoms with E-state index >= 15 is 0 Å². The lowest BCUT2D eigenvalue weighted by Gasteiger charge is -2.42. The van der Waals surface area contributed by atoms with Crippen LogP contribution < -0.4 is 9.80 Å². The van der Waals surface area contributed by atoms with Crippen molar-refractivity contribution in [3.63, 3.8) is 0 Å². The van der Waals surface area contributed by atoms with Crippen LogP contribution in [0.5, 0.6) is 0 Å². The molecule has 0 fully saturated rings. The molecule has 0 saturated heterocycles. The number of nitrogens with zero attached hydrogens (tertiary/aromatic N) is 2. The van der Waals surface area contributed by atoms with Crippen molar-refractivity contribution in [3.05, 3.63) is 173 Å². The molecule has 1 aliphatic carbocycles. The maximum absolute atomic E-state index is 13.9. The zero-order chi connectivity index (χ0) is 32.6. The van der Waals surface area contributed by atoms with Crippen LogP contribution in [0.2, 0.25) is 0 Å². The largest absolute Gasteiger partial charge is 0.310 e. The van der Waals surface area contributed by atoms with Crippen molar-refractivity contribution in [1.29, 1.82) is 0 Å². The zero-order valence-electron chi connectivity index (χ0n) is 26.8. The normalized spacial score (nSPS) is 16.8. The molecule has 0 spiro atoms. The lowest BCUT2D eigenvalue weighted by molar-refractivity contribution is 0.596. The van der Waals surface area contributed by atoms with Crippen molar-refractivity contribution < 1.29 is 8.42 Å². The molecule has 0 bridgehead atoms. The smallest absolute Gasteiger partial charge is 0.206 e. The molecular weight excluding hydrogens is 597 g/mol. The first-order valence-corrected chi connectivity index (χ1v) is 17.3. The minimum atomic E-state index is -3.76. The number of benzene rings is 5. The van der Waals surface area contributed by atoms with Gasteiger partial charge in [-0.05, 0) is 95.1 Å². The number of anilines is 5. The highest BCUT2D eigenvalue weighted by atomic mass is 32.2. The van der Waals surface area contributed by atoms with E-state index in [1.807, 2.05) is 42.5 Å². The minimum absolute atomic E-state index is 0.162. The summed E-state index contributed by atoms with van der Waals surface area (Å²) >= 11 is 0. The van der Waals surface area contributed by atoms with E-state index in [1.54, 1.807) is 24.3 Å². The average Bonchev–Trinajstić information content (AvgIpc) is 3.09. The van der Waals surface area contributed by atoms with Gasteiger partial charge in [0.15, 0.2) is 0 Å². The zero-order valence-corrected chi connectivity index (χ0v) is 27.6. The number of hydrogen-bond donors (Lipinski definition) is 0. The van der Waals surface area contributed by atoms with Gasteiger partial charge in [-0.2, -0.15) is 0 Å². The fraction of sp³-hybridized carbons (Fsp3) is 0.143. The third-order valence-electron chi connectivity index (χ3n) is 9.96. The van der Waals surface area contributed by atoms with Crippen LogP contribution in [0.25, 0.3) is 0 Å². The van der Waals surface area contributed by atoms with E-state index in [1.165, 1.54) is 16.7 Å². The van der Waals surface area contributed by atoms with E-state index in [-0.39, 0.29) is 20.6 Å². The minimum Gasteiger partial charge on any atom is -0.310 e. The Morgan fingerprint density at radius 3 is 1.40 bits per heavy atom. The lowest BCUT2D eigenvalue weighted by atomic mass is 9.72. The number of hydrogen-bond acceptors (Lipinski definition) is 4. The summed E-state index contributed by atoms with van der Waals surface area (Å²) in [6, 6.07) is 39.7. The third kappa shape index (κ3) is 4.32. The molecule has 230 valence electrons. The van der Waals surface area contributed by atoms with E-state index in [2.05, 4.69) is 116 Å². The summed E-state index contributed by atoms with van der Waals surface area (Å²) in [7, 11) is -3.76. The summed E-state index contributed by atoms with van der Waals surface area (Å²) < 4.78 is 27.9. The summed E-state index contributed by atoms with van der Waals surface area (Å²) in [5, 5.41) is 0. The Bertz CT molecular complexity index is 2280. The molecule has 0 amide bonds. The SMILES string of the molecule is CC1(C)C2=C(C=C=C=C2)N(c2ccc(S(=O)(=O)c3ccc(N4c5ccccc5C(C)(C)c5ccccc54)cc3)cc2)c2ccccc21. The molecule has 47 heavy (non-hydrogen) atoms. The van der Waals surface area contributed by atoms with Crippen LogP contribution in [0, 0.1) is 0 Å². The van der Waals surface area contributed by atoms with Gasteiger partial charge in [-0.25, -0.2) is 8.42 Å². The monoisotopic (exact) mass is 630 g/mol. The highest BCUT2D eigenvalue weighted by Gasteiger charge is 2.38. The lowest BCUT2D eigenvalue weighted by Crippen LogP contribution is -2.33. The summed E-state index contributed by atoms with van der Waals surface area (Å²) in [5.41, 5.74) is 16.8. The molecule has 3 aliphatic rings. The fourth-order valence-electron chi connectivity index (χ4n) is 7.44.